The molecular weight excluding hydrogens is 267 g/mol. The molecule has 0 aromatic rings. The van der Waals surface area contributed by atoms with Gasteiger partial charge in [-0.1, -0.05) is 20.8 Å². The van der Waals surface area contributed by atoms with Gasteiger partial charge in [0.25, 0.3) is 0 Å². The van der Waals surface area contributed by atoms with Gasteiger partial charge in [0.05, 0.1) is 19.1 Å². The van der Waals surface area contributed by atoms with Crippen LogP contribution in [0.25, 0.3) is 0 Å². The second-order valence-electron chi connectivity index (χ2n) is 6.15. The average molecular weight is 295 g/mol. The van der Waals surface area contributed by atoms with Crippen molar-refractivity contribution >= 4 is 0 Å². The first-order valence-electron chi connectivity index (χ1n) is 7.75. The van der Waals surface area contributed by atoms with E-state index in [1.54, 1.807) is 0 Å². The lowest BCUT2D eigenvalue weighted by molar-refractivity contribution is -0.152. The lowest BCUT2D eigenvalue weighted by atomic mass is 9.78. The predicted octanol–water partition coefficient (Wildman–Crippen LogP) is 4.15. The summed E-state index contributed by atoms with van der Waals surface area (Å²) in [6, 6.07) is 0.207. The van der Waals surface area contributed by atoms with Crippen LogP contribution in [-0.4, -0.2) is 31.5 Å². The summed E-state index contributed by atoms with van der Waals surface area (Å²) in [6.07, 6.45) is -1.02. The van der Waals surface area contributed by atoms with E-state index in [4.69, 9.17) is 4.74 Å². The molecule has 1 fully saturated rings. The highest BCUT2D eigenvalue weighted by Crippen LogP contribution is 2.32. The van der Waals surface area contributed by atoms with Gasteiger partial charge in [0, 0.05) is 6.04 Å². The van der Waals surface area contributed by atoms with E-state index in [0.29, 0.717) is 11.8 Å². The van der Waals surface area contributed by atoms with Crippen molar-refractivity contribution in [3.63, 3.8) is 0 Å². The molecule has 1 aliphatic carbocycles. The summed E-state index contributed by atoms with van der Waals surface area (Å²) in [5.41, 5.74) is 0. The van der Waals surface area contributed by atoms with Crippen molar-refractivity contribution in [3.05, 3.63) is 0 Å². The molecule has 1 saturated carbocycles. The van der Waals surface area contributed by atoms with Gasteiger partial charge < -0.3 is 10.1 Å². The Hall–Kier alpha value is -0.290. The fourth-order valence-electron chi connectivity index (χ4n) is 2.84. The first-order chi connectivity index (χ1) is 9.33. The second kappa shape index (κ2) is 8.23. The Morgan fingerprint density at radius 2 is 1.95 bits per heavy atom. The monoisotopic (exact) mass is 295 g/mol. The standard InChI is InChI=1S/C15H28F3NO/c1-4-8-19-13-6-5-12(11(2)3)10-14(13)20-9-7-15(16,17)18/h11-14,19H,4-10H2,1-3H3. The Morgan fingerprint density at radius 1 is 1.25 bits per heavy atom. The molecule has 1 aliphatic rings. The van der Waals surface area contributed by atoms with Gasteiger partial charge >= 0.3 is 6.18 Å². The minimum Gasteiger partial charge on any atom is -0.376 e. The molecule has 0 saturated heterocycles. The molecular formula is C15H28F3NO. The topological polar surface area (TPSA) is 21.3 Å². The van der Waals surface area contributed by atoms with Gasteiger partial charge in [0.2, 0.25) is 0 Å². The Morgan fingerprint density at radius 3 is 2.50 bits per heavy atom. The summed E-state index contributed by atoms with van der Waals surface area (Å²) in [5.74, 6) is 1.13. The van der Waals surface area contributed by atoms with Crippen LogP contribution in [0.3, 0.4) is 0 Å². The van der Waals surface area contributed by atoms with E-state index in [0.717, 1.165) is 32.2 Å². The van der Waals surface area contributed by atoms with Crippen LogP contribution < -0.4 is 5.32 Å². The number of halogens is 3. The molecule has 1 rings (SSSR count). The number of alkyl halides is 3. The van der Waals surface area contributed by atoms with Crippen molar-refractivity contribution in [2.75, 3.05) is 13.2 Å². The molecule has 0 aromatic carbocycles. The third-order valence-corrected chi connectivity index (χ3v) is 4.15. The molecule has 0 bridgehead atoms. The first kappa shape index (κ1) is 17.8. The number of hydrogen-bond acceptors (Lipinski definition) is 2. The molecule has 3 unspecified atom stereocenters. The smallest absolute Gasteiger partial charge is 0.376 e. The van der Waals surface area contributed by atoms with Crippen LogP contribution in [0.4, 0.5) is 13.2 Å². The number of nitrogens with one attached hydrogen (secondary N) is 1. The number of rotatable bonds is 7. The van der Waals surface area contributed by atoms with E-state index in [2.05, 4.69) is 26.1 Å². The van der Waals surface area contributed by atoms with E-state index in [1.807, 2.05) is 0 Å². The van der Waals surface area contributed by atoms with Crippen molar-refractivity contribution < 1.29 is 17.9 Å². The normalized spacial score (nSPS) is 28.1. The van der Waals surface area contributed by atoms with E-state index in [-0.39, 0.29) is 18.8 Å². The highest BCUT2D eigenvalue weighted by molar-refractivity contribution is 4.86. The zero-order chi connectivity index (χ0) is 15.2. The Bertz CT molecular complexity index is 268. The largest absolute Gasteiger partial charge is 0.391 e. The molecule has 0 aromatic heterocycles. The number of ether oxygens (including phenoxy) is 1. The Labute approximate surface area is 120 Å². The van der Waals surface area contributed by atoms with E-state index in [1.165, 1.54) is 0 Å². The maximum absolute atomic E-state index is 12.2. The SMILES string of the molecule is CCCNC1CCC(C(C)C)CC1OCCC(F)(F)F. The summed E-state index contributed by atoms with van der Waals surface area (Å²) in [5, 5.41) is 3.42. The first-order valence-corrected chi connectivity index (χ1v) is 7.75. The Kier molecular flexibility index (Phi) is 7.30. The van der Waals surface area contributed by atoms with Crippen LogP contribution in [0.15, 0.2) is 0 Å². The molecule has 3 atom stereocenters. The van der Waals surface area contributed by atoms with Crippen LogP contribution in [0.2, 0.25) is 0 Å². The van der Waals surface area contributed by atoms with Crippen LogP contribution in [0, 0.1) is 11.8 Å². The van der Waals surface area contributed by atoms with E-state index < -0.39 is 12.6 Å². The fourth-order valence-corrected chi connectivity index (χ4v) is 2.84. The maximum atomic E-state index is 12.2. The molecule has 0 heterocycles. The zero-order valence-electron chi connectivity index (χ0n) is 12.8. The molecule has 0 radical (unpaired) electrons. The molecule has 0 aliphatic heterocycles. The molecule has 0 spiro atoms. The summed E-state index contributed by atoms with van der Waals surface area (Å²) in [4.78, 5) is 0. The van der Waals surface area contributed by atoms with Crippen LogP contribution >= 0.6 is 0 Å². The van der Waals surface area contributed by atoms with Gasteiger partial charge in [-0.05, 0) is 44.1 Å². The highest BCUT2D eigenvalue weighted by atomic mass is 19.4. The maximum Gasteiger partial charge on any atom is 0.391 e. The van der Waals surface area contributed by atoms with Crippen molar-refractivity contribution in [2.24, 2.45) is 11.8 Å². The van der Waals surface area contributed by atoms with Gasteiger partial charge in [-0.25, -0.2) is 0 Å². The van der Waals surface area contributed by atoms with Crippen molar-refractivity contribution in [2.45, 2.75) is 71.2 Å². The Balaban J connectivity index is 2.48. The molecule has 5 heteroatoms. The van der Waals surface area contributed by atoms with Crippen molar-refractivity contribution in [3.8, 4) is 0 Å². The summed E-state index contributed by atoms with van der Waals surface area (Å²) in [6.45, 7) is 7.13. The highest BCUT2D eigenvalue weighted by Gasteiger charge is 2.33. The van der Waals surface area contributed by atoms with Gasteiger partial charge in [0.1, 0.15) is 0 Å². The minimum absolute atomic E-state index is 0.0787. The quantitative estimate of drug-likeness (QED) is 0.762. The molecule has 1 N–H and O–H groups in total. The van der Waals surface area contributed by atoms with Crippen molar-refractivity contribution in [1.29, 1.82) is 0 Å². The van der Waals surface area contributed by atoms with Crippen molar-refractivity contribution in [1.82, 2.24) is 5.32 Å². The lowest BCUT2D eigenvalue weighted by Gasteiger charge is -2.38. The molecule has 120 valence electrons. The van der Waals surface area contributed by atoms with Crippen LogP contribution in [0.1, 0.15) is 52.9 Å². The predicted molar refractivity (Wildman–Crippen MR) is 74.7 cm³/mol. The van der Waals surface area contributed by atoms with Crippen LogP contribution in [0.5, 0.6) is 0 Å². The zero-order valence-corrected chi connectivity index (χ0v) is 12.8. The molecule has 0 amide bonds. The lowest BCUT2D eigenvalue weighted by Crippen LogP contribution is -2.46. The van der Waals surface area contributed by atoms with Gasteiger partial charge in [0.15, 0.2) is 0 Å². The average Bonchev–Trinajstić information content (AvgIpc) is 2.35. The molecule has 2 nitrogen and oxygen atoms in total. The molecule has 20 heavy (non-hydrogen) atoms. The summed E-state index contributed by atoms with van der Waals surface area (Å²) >= 11 is 0. The van der Waals surface area contributed by atoms with Gasteiger partial charge in [-0.15, -0.1) is 0 Å². The van der Waals surface area contributed by atoms with E-state index in [9.17, 15) is 13.2 Å². The second-order valence-corrected chi connectivity index (χ2v) is 6.15. The third kappa shape index (κ3) is 6.44. The number of hydrogen-bond donors (Lipinski definition) is 1. The fraction of sp³-hybridized carbons (Fsp3) is 1.00. The van der Waals surface area contributed by atoms with E-state index >= 15 is 0 Å². The third-order valence-electron chi connectivity index (χ3n) is 4.15. The summed E-state index contributed by atoms with van der Waals surface area (Å²) in [7, 11) is 0. The summed E-state index contributed by atoms with van der Waals surface area (Å²) < 4.78 is 42.2. The van der Waals surface area contributed by atoms with Gasteiger partial charge in [-0.3, -0.25) is 0 Å². The minimum atomic E-state index is -4.13. The van der Waals surface area contributed by atoms with Gasteiger partial charge in [-0.2, -0.15) is 13.2 Å². The van der Waals surface area contributed by atoms with Crippen LogP contribution in [-0.2, 0) is 4.74 Å².